The number of thioether (sulfide) groups is 1. The van der Waals surface area contributed by atoms with Gasteiger partial charge in [0.25, 0.3) is 0 Å². The molecule has 3 nitrogen and oxygen atoms in total. The molecule has 1 unspecified atom stereocenters. The summed E-state index contributed by atoms with van der Waals surface area (Å²) in [5.41, 5.74) is 1.01. The fourth-order valence-electron chi connectivity index (χ4n) is 1.73. The maximum atomic E-state index is 12.0. The minimum Gasteiger partial charge on any atom is -0.355 e. The molecule has 0 aliphatic heterocycles. The Morgan fingerprint density at radius 3 is 2.80 bits per heavy atom. The molecule has 0 fully saturated rings. The molecule has 1 amide bonds. The van der Waals surface area contributed by atoms with E-state index in [4.69, 9.17) is 0 Å². The Morgan fingerprint density at radius 1 is 1.35 bits per heavy atom. The van der Waals surface area contributed by atoms with Crippen LogP contribution in [0, 0.1) is 5.92 Å². The number of hydrogen-bond acceptors (Lipinski definition) is 4. The number of thiazole rings is 1. The third-order valence-electron chi connectivity index (χ3n) is 2.94. The third-order valence-corrected chi connectivity index (χ3v) is 5.17. The summed E-state index contributed by atoms with van der Waals surface area (Å²) in [7, 11) is 0. The lowest BCUT2D eigenvalue weighted by Gasteiger charge is -2.11. The van der Waals surface area contributed by atoms with Crippen molar-refractivity contribution in [2.24, 2.45) is 5.92 Å². The molecule has 2 rings (SSSR count). The van der Waals surface area contributed by atoms with E-state index in [1.807, 2.05) is 25.1 Å². The average molecular weight is 308 g/mol. The average Bonchev–Trinajstić information content (AvgIpc) is 2.80. The minimum atomic E-state index is -0.109. The summed E-state index contributed by atoms with van der Waals surface area (Å²) >= 11 is 3.18. The number of hydrogen-bond donors (Lipinski definition) is 1. The highest BCUT2D eigenvalue weighted by Crippen LogP contribution is 2.31. The van der Waals surface area contributed by atoms with Crippen LogP contribution >= 0.6 is 23.1 Å². The molecule has 1 atom stereocenters. The molecule has 1 N–H and O–H groups in total. The first-order valence-electron chi connectivity index (χ1n) is 6.86. The second kappa shape index (κ2) is 7.09. The van der Waals surface area contributed by atoms with Crippen molar-refractivity contribution >= 4 is 39.2 Å². The van der Waals surface area contributed by atoms with E-state index in [2.05, 4.69) is 30.2 Å². The molecule has 0 saturated heterocycles. The number of carbonyl (C=O) groups excluding carboxylic acids is 1. The summed E-state index contributed by atoms with van der Waals surface area (Å²) in [4.78, 5) is 16.5. The Balaban J connectivity index is 1.90. The number of rotatable bonds is 6. The van der Waals surface area contributed by atoms with Crippen LogP contribution < -0.4 is 5.32 Å². The molecule has 2 aromatic rings. The molecule has 0 saturated carbocycles. The molecular formula is C15H20N2OS2. The van der Waals surface area contributed by atoms with Gasteiger partial charge in [-0.15, -0.1) is 11.3 Å². The number of para-hydroxylation sites is 1. The molecule has 20 heavy (non-hydrogen) atoms. The normalized spacial score (nSPS) is 12.8. The maximum Gasteiger partial charge on any atom is 0.233 e. The molecule has 108 valence electrons. The summed E-state index contributed by atoms with van der Waals surface area (Å²) in [6.45, 7) is 7.00. The predicted molar refractivity (Wildman–Crippen MR) is 87.4 cm³/mol. The number of carbonyl (C=O) groups is 1. The highest BCUT2D eigenvalue weighted by molar-refractivity contribution is 8.02. The summed E-state index contributed by atoms with van der Waals surface area (Å²) in [6, 6.07) is 8.06. The summed E-state index contributed by atoms with van der Waals surface area (Å²) in [5.74, 6) is 0.706. The lowest BCUT2D eigenvalue weighted by molar-refractivity contribution is -0.120. The Kier molecular flexibility index (Phi) is 5.43. The monoisotopic (exact) mass is 308 g/mol. The summed E-state index contributed by atoms with van der Waals surface area (Å²) in [6.07, 6.45) is 1.02. The molecule has 5 heteroatoms. The van der Waals surface area contributed by atoms with Crippen LogP contribution in [0.4, 0.5) is 0 Å². The highest BCUT2D eigenvalue weighted by atomic mass is 32.2. The third kappa shape index (κ3) is 4.21. The molecule has 0 aliphatic carbocycles. The van der Waals surface area contributed by atoms with E-state index in [0.29, 0.717) is 5.92 Å². The van der Waals surface area contributed by atoms with Gasteiger partial charge < -0.3 is 5.32 Å². The fraction of sp³-hybridized carbons (Fsp3) is 0.467. The number of nitrogens with one attached hydrogen (secondary N) is 1. The Labute approximate surface area is 128 Å². The van der Waals surface area contributed by atoms with Gasteiger partial charge >= 0.3 is 0 Å². The fourth-order valence-corrected chi connectivity index (χ4v) is 3.97. The number of amides is 1. The Hall–Kier alpha value is -1.07. The zero-order valence-electron chi connectivity index (χ0n) is 12.1. The highest BCUT2D eigenvalue weighted by Gasteiger charge is 2.16. The zero-order chi connectivity index (χ0) is 14.5. The van der Waals surface area contributed by atoms with Crippen molar-refractivity contribution in [3.63, 3.8) is 0 Å². The van der Waals surface area contributed by atoms with Gasteiger partial charge in [0.2, 0.25) is 5.91 Å². The largest absolute Gasteiger partial charge is 0.355 e. The van der Waals surface area contributed by atoms with Crippen molar-refractivity contribution in [3.8, 4) is 0 Å². The number of aromatic nitrogens is 1. The van der Waals surface area contributed by atoms with Gasteiger partial charge in [0.15, 0.2) is 4.34 Å². The van der Waals surface area contributed by atoms with E-state index in [1.165, 1.54) is 16.5 Å². The van der Waals surface area contributed by atoms with Gasteiger partial charge in [-0.1, -0.05) is 37.7 Å². The second-order valence-corrected chi connectivity index (χ2v) is 7.80. The van der Waals surface area contributed by atoms with Gasteiger partial charge in [-0.2, -0.15) is 0 Å². The van der Waals surface area contributed by atoms with Crippen LogP contribution in [-0.4, -0.2) is 22.7 Å². The van der Waals surface area contributed by atoms with Crippen LogP contribution in [0.25, 0.3) is 10.2 Å². The lowest BCUT2D eigenvalue weighted by Crippen LogP contribution is -2.32. The quantitative estimate of drug-likeness (QED) is 0.822. The van der Waals surface area contributed by atoms with Crippen molar-refractivity contribution in [3.05, 3.63) is 24.3 Å². The van der Waals surface area contributed by atoms with E-state index in [-0.39, 0.29) is 11.2 Å². The van der Waals surface area contributed by atoms with Crippen molar-refractivity contribution < 1.29 is 4.79 Å². The van der Waals surface area contributed by atoms with Gasteiger partial charge in [-0.05, 0) is 31.4 Å². The first kappa shape index (κ1) is 15.3. The Bertz CT molecular complexity index is 547. The van der Waals surface area contributed by atoms with Gasteiger partial charge in [0.05, 0.1) is 15.5 Å². The molecule has 1 aromatic carbocycles. The van der Waals surface area contributed by atoms with Crippen LogP contribution in [-0.2, 0) is 4.79 Å². The van der Waals surface area contributed by atoms with Crippen LogP contribution in [0.15, 0.2) is 28.6 Å². The van der Waals surface area contributed by atoms with Crippen molar-refractivity contribution in [1.82, 2.24) is 10.3 Å². The molecule has 0 spiro atoms. The maximum absolute atomic E-state index is 12.0. The van der Waals surface area contributed by atoms with Crippen LogP contribution in [0.2, 0.25) is 0 Å². The van der Waals surface area contributed by atoms with E-state index in [0.717, 1.165) is 22.8 Å². The number of benzene rings is 1. The summed E-state index contributed by atoms with van der Waals surface area (Å²) < 4.78 is 2.13. The second-order valence-electron chi connectivity index (χ2n) is 5.18. The van der Waals surface area contributed by atoms with Crippen molar-refractivity contribution in [2.45, 2.75) is 36.8 Å². The van der Waals surface area contributed by atoms with Crippen LogP contribution in [0.5, 0.6) is 0 Å². The summed E-state index contributed by atoms with van der Waals surface area (Å²) in [5, 5.41) is 2.88. The smallest absolute Gasteiger partial charge is 0.233 e. The van der Waals surface area contributed by atoms with Gasteiger partial charge in [0, 0.05) is 6.54 Å². The SMILES string of the molecule is CC(C)CCNC(=O)C(C)Sc1nc2ccccc2s1. The van der Waals surface area contributed by atoms with E-state index < -0.39 is 0 Å². The molecule has 0 aliphatic rings. The first-order chi connectivity index (χ1) is 9.56. The Morgan fingerprint density at radius 2 is 2.10 bits per heavy atom. The van der Waals surface area contributed by atoms with Crippen LogP contribution in [0.1, 0.15) is 27.2 Å². The van der Waals surface area contributed by atoms with E-state index in [9.17, 15) is 4.79 Å². The molecule has 1 heterocycles. The predicted octanol–water partition coefficient (Wildman–Crippen LogP) is 3.94. The number of fused-ring (bicyclic) bond motifs is 1. The van der Waals surface area contributed by atoms with Crippen LogP contribution in [0.3, 0.4) is 0 Å². The van der Waals surface area contributed by atoms with Crippen molar-refractivity contribution in [1.29, 1.82) is 0 Å². The lowest BCUT2D eigenvalue weighted by atomic mass is 10.1. The number of nitrogens with zero attached hydrogens (tertiary/aromatic N) is 1. The minimum absolute atomic E-state index is 0.0925. The van der Waals surface area contributed by atoms with E-state index >= 15 is 0 Å². The zero-order valence-corrected chi connectivity index (χ0v) is 13.7. The molecule has 1 aromatic heterocycles. The van der Waals surface area contributed by atoms with Gasteiger partial charge in [0.1, 0.15) is 0 Å². The standard InChI is InChI=1S/C15H20N2OS2/c1-10(2)8-9-16-14(18)11(3)19-15-17-12-6-4-5-7-13(12)20-15/h4-7,10-11H,8-9H2,1-3H3,(H,16,18). The van der Waals surface area contributed by atoms with Gasteiger partial charge in [-0.25, -0.2) is 4.98 Å². The van der Waals surface area contributed by atoms with Gasteiger partial charge in [-0.3, -0.25) is 4.79 Å². The molecule has 0 radical (unpaired) electrons. The van der Waals surface area contributed by atoms with Crippen molar-refractivity contribution in [2.75, 3.05) is 6.54 Å². The molecular weight excluding hydrogens is 288 g/mol. The molecule has 0 bridgehead atoms. The van der Waals surface area contributed by atoms with E-state index in [1.54, 1.807) is 11.3 Å². The first-order valence-corrected chi connectivity index (χ1v) is 8.56. The topological polar surface area (TPSA) is 42.0 Å².